The van der Waals surface area contributed by atoms with Crippen molar-refractivity contribution >= 4 is 45.1 Å². The van der Waals surface area contributed by atoms with Crippen LogP contribution in [0.4, 0.5) is 0 Å². The number of ether oxygens (including phenoxy) is 3. The molecule has 0 saturated heterocycles. The Kier molecular flexibility index (Phi) is 5.68. The van der Waals surface area contributed by atoms with Crippen molar-refractivity contribution in [2.24, 2.45) is 0 Å². The van der Waals surface area contributed by atoms with Crippen LogP contribution >= 0.6 is 23.6 Å². The van der Waals surface area contributed by atoms with Crippen LogP contribution in [0.2, 0.25) is 0 Å². The second-order valence-corrected chi connectivity index (χ2v) is 8.77. The van der Waals surface area contributed by atoms with Gasteiger partial charge in [0.15, 0.2) is 10.8 Å². The normalized spacial score (nSPS) is 15.2. The lowest BCUT2D eigenvalue weighted by Gasteiger charge is -2.32. The van der Waals surface area contributed by atoms with Gasteiger partial charge < -0.3 is 14.2 Å². The van der Waals surface area contributed by atoms with E-state index in [1.807, 2.05) is 30.5 Å². The van der Waals surface area contributed by atoms with Gasteiger partial charge in [0, 0.05) is 11.5 Å². The van der Waals surface area contributed by atoms with Crippen LogP contribution in [0.25, 0.3) is 16.5 Å². The van der Waals surface area contributed by atoms with E-state index in [9.17, 15) is 0 Å². The summed E-state index contributed by atoms with van der Waals surface area (Å²) in [4.78, 5) is 1.03. The van der Waals surface area contributed by atoms with Crippen LogP contribution in [-0.4, -0.2) is 18.8 Å². The third-order valence-electron chi connectivity index (χ3n) is 5.65. The van der Waals surface area contributed by atoms with Crippen molar-refractivity contribution in [3.63, 3.8) is 0 Å². The number of rotatable bonds is 5. The van der Waals surface area contributed by atoms with Crippen molar-refractivity contribution in [1.29, 1.82) is 0 Å². The smallest absolute Gasteiger partial charge is 0.191 e. The molecule has 0 spiro atoms. The number of hydrogen-bond donors (Lipinski definition) is 0. The molecule has 4 aromatic rings. The van der Waals surface area contributed by atoms with Gasteiger partial charge in [-0.15, -0.1) is 11.3 Å². The summed E-state index contributed by atoms with van der Waals surface area (Å²) in [5.41, 5.74) is 3.10. The van der Waals surface area contributed by atoms with Crippen molar-refractivity contribution in [2.75, 3.05) is 13.7 Å². The molecule has 0 aliphatic carbocycles. The second kappa shape index (κ2) is 8.77. The molecule has 0 radical (unpaired) electrons. The third kappa shape index (κ3) is 3.57. The lowest BCUT2D eigenvalue weighted by atomic mass is 9.80. The van der Waals surface area contributed by atoms with Gasteiger partial charge in [-0.25, -0.2) is 0 Å². The number of fused-ring (bicyclic) bond motifs is 3. The molecule has 0 fully saturated rings. The Morgan fingerprint density at radius 3 is 2.53 bits per heavy atom. The van der Waals surface area contributed by atoms with Gasteiger partial charge in [-0.2, -0.15) is 0 Å². The Balaban J connectivity index is 1.83. The lowest BCUT2D eigenvalue weighted by molar-refractivity contribution is 0.333. The van der Waals surface area contributed by atoms with Gasteiger partial charge in [0.05, 0.1) is 24.2 Å². The molecule has 32 heavy (non-hydrogen) atoms. The molecular weight excluding hydrogens is 436 g/mol. The Morgan fingerprint density at radius 1 is 1.00 bits per heavy atom. The van der Waals surface area contributed by atoms with Crippen LogP contribution in [0.5, 0.6) is 11.5 Å². The van der Waals surface area contributed by atoms with E-state index in [2.05, 4.69) is 54.6 Å². The largest absolute Gasteiger partial charge is 0.497 e. The summed E-state index contributed by atoms with van der Waals surface area (Å²) >= 11 is 7.45. The Bertz CT molecular complexity index is 1300. The minimum Gasteiger partial charge on any atom is -0.497 e. The standard InChI is InChI=1S/C27H22O3S2/c1-3-29-27(31)25-23(18-10-13-19(28-2)14-11-18)24-20-8-5-4-7-17(20)12-15-21(24)30-26(25)22-9-6-16-32-22/h4-16,23H,3H2,1-2H3. The van der Waals surface area contributed by atoms with Crippen molar-refractivity contribution in [2.45, 2.75) is 12.8 Å². The molecule has 0 saturated carbocycles. The summed E-state index contributed by atoms with van der Waals surface area (Å²) in [6.45, 7) is 2.45. The predicted octanol–water partition coefficient (Wildman–Crippen LogP) is 7.21. The molecule has 2 heterocycles. The molecule has 1 aliphatic heterocycles. The van der Waals surface area contributed by atoms with Gasteiger partial charge in [-0.3, -0.25) is 0 Å². The summed E-state index contributed by atoms with van der Waals surface area (Å²) in [5, 5.41) is 4.82. The summed E-state index contributed by atoms with van der Waals surface area (Å²) < 4.78 is 17.9. The number of thiophene rings is 1. The third-order valence-corrected chi connectivity index (χ3v) is 6.86. The van der Waals surface area contributed by atoms with E-state index in [0.717, 1.165) is 49.6 Å². The molecule has 1 unspecified atom stereocenters. The van der Waals surface area contributed by atoms with Gasteiger partial charge in [-0.05, 0) is 65.1 Å². The van der Waals surface area contributed by atoms with Crippen molar-refractivity contribution < 1.29 is 14.2 Å². The Labute approximate surface area is 196 Å². The Morgan fingerprint density at radius 2 is 1.81 bits per heavy atom. The highest BCUT2D eigenvalue weighted by atomic mass is 32.1. The zero-order valence-corrected chi connectivity index (χ0v) is 19.5. The van der Waals surface area contributed by atoms with E-state index in [0.29, 0.717) is 11.7 Å². The predicted molar refractivity (Wildman–Crippen MR) is 135 cm³/mol. The molecule has 1 aromatic heterocycles. The van der Waals surface area contributed by atoms with Gasteiger partial charge >= 0.3 is 0 Å². The number of hydrogen-bond acceptors (Lipinski definition) is 5. The van der Waals surface area contributed by atoms with Crippen LogP contribution in [0.15, 0.2) is 83.7 Å². The maximum absolute atomic E-state index is 6.56. The lowest BCUT2D eigenvalue weighted by Crippen LogP contribution is -2.22. The molecule has 5 rings (SSSR count). The summed E-state index contributed by atoms with van der Waals surface area (Å²) in [6.07, 6.45) is 0. The molecule has 3 aromatic carbocycles. The molecule has 0 N–H and O–H groups in total. The highest BCUT2D eigenvalue weighted by Crippen LogP contribution is 2.49. The fraction of sp³-hybridized carbons (Fsp3) is 0.148. The zero-order valence-electron chi connectivity index (χ0n) is 17.8. The van der Waals surface area contributed by atoms with Gasteiger partial charge in [-0.1, -0.05) is 48.5 Å². The second-order valence-electron chi connectivity index (χ2n) is 7.45. The molecule has 5 heteroatoms. The molecule has 1 atom stereocenters. The number of benzene rings is 3. The van der Waals surface area contributed by atoms with Crippen molar-refractivity contribution in [3.05, 3.63) is 99.8 Å². The minimum atomic E-state index is -0.132. The summed E-state index contributed by atoms with van der Waals surface area (Å²) in [7, 11) is 1.68. The number of thiocarbonyl (C=S) groups is 1. The van der Waals surface area contributed by atoms with E-state index in [-0.39, 0.29) is 5.92 Å². The SMILES string of the molecule is CCOC(=S)C1=C(c2cccs2)Oc2ccc3ccccc3c2C1c1ccc(OC)cc1. The first-order valence-electron chi connectivity index (χ1n) is 10.5. The van der Waals surface area contributed by atoms with Crippen LogP contribution < -0.4 is 9.47 Å². The van der Waals surface area contributed by atoms with E-state index >= 15 is 0 Å². The highest BCUT2D eigenvalue weighted by Gasteiger charge is 2.36. The summed E-state index contributed by atoms with van der Waals surface area (Å²) in [6, 6.07) is 24.8. The first-order chi connectivity index (χ1) is 15.7. The van der Waals surface area contributed by atoms with Crippen LogP contribution in [0.3, 0.4) is 0 Å². The quantitative estimate of drug-likeness (QED) is 0.295. The fourth-order valence-electron chi connectivity index (χ4n) is 4.24. The zero-order chi connectivity index (χ0) is 22.1. The Hall–Kier alpha value is -3.15. The van der Waals surface area contributed by atoms with Gasteiger partial charge in [0.2, 0.25) is 0 Å². The first-order valence-corrected chi connectivity index (χ1v) is 11.8. The molecule has 0 bridgehead atoms. The first kappa shape index (κ1) is 20.7. The highest BCUT2D eigenvalue weighted by molar-refractivity contribution is 7.80. The van der Waals surface area contributed by atoms with Crippen molar-refractivity contribution in [3.8, 4) is 11.5 Å². The average molecular weight is 459 g/mol. The van der Waals surface area contributed by atoms with E-state index in [1.54, 1.807) is 18.4 Å². The maximum atomic E-state index is 6.56. The van der Waals surface area contributed by atoms with Gasteiger partial charge in [0.25, 0.3) is 0 Å². The van der Waals surface area contributed by atoms with Crippen molar-refractivity contribution in [1.82, 2.24) is 0 Å². The average Bonchev–Trinajstić information content (AvgIpc) is 3.38. The molecule has 0 amide bonds. The number of methoxy groups -OCH3 is 1. The van der Waals surface area contributed by atoms with Gasteiger partial charge in [0.1, 0.15) is 11.5 Å². The van der Waals surface area contributed by atoms with Crippen LogP contribution in [0, 0.1) is 0 Å². The topological polar surface area (TPSA) is 27.7 Å². The van der Waals surface area contributed by atoms with E-state index < -0.39 is 0 Å². The molecule has 1 aliphatic rings. The molecule has 3 nitrogen and oxygen atoms in total. The van der Waals surface area contributed by atoms with E-state index in [4.69, 9.17) is 26.4 Å². The van der Waals surface area contributed by atoms with Crippen LogP contribution in [0.1, 0.15) is 28.8 Å². The molecule has 160 valence electrons. The monoisotopic (exact) mass is 458 g/mol. The van der Waals surface area contributed by atoms with E-state index in [1.165, 1.54) is 0 Å². The molecular formula is C27H22O3S2. The summed E-state index contributed by atoms with van der Waals surface area (Å²) in [5.74, 6) is 2.29. The fourth-order valence-corrected chi connectivity index (χ4v) is 5.29. The van der Waals surface area contributed by atoms with Crippen LogP contribution in [-0.2, 0) is 4.74 Å². The maximum Gasteiger partial charge on any atom is 0.191 e. The minimum absolute atomic E-state index is 0.132.